The number of pyridine rings is 1. The van der Waals surface area contributed by atoms with E-state index < -0.39 is 0 Å². The van der Waals surface area contributed by atoms with Crippen molar-refractivity contribution >= 4 is 27.7 Å². The predicted molar refractivity (Wildman–Crippen MR) is 91.8 cm³/mol. The van der Waals surface area contributed by atoms with Crippen molar-refractivity contribution < 1.29 is 4.79 Å². The van der Waals surface area contributed by atoms with Crippen LogP contribution >= 0.6 is 15.9 Å². The number of hydrogen-bond donors (Lipinski definition) is 0. The topological polar surface area (TPSA) is 36.4 Å². The normalized spacial score (nSPS) is 26.6. The minimum atomic E-state index is 0.214. The Bertz CT molecular complexity index is 531. The molecule has 120 valence electrons. The van der Waals surface area contributed by atoms with Crippen molar-refractivity contribution in [3.8, 4) is 0 Å². The van der Waals surface area contributed by atoms with E-state index in [2.05, 4.69) is 25.8 Å². The molecule has 0 radical (unpaired) electrons. The first-order valence-electron chi connectivity index (χ1n) is 8.12. The van der Waals surface area contributed by atoms with Gasteiger partial charge in [0.05, 0.1) is 0 Å². The summed E-state index contributed by atoms with van der Waals surface area (Å²) < 4.78 is 0.941. The molecule has 2 aliphatic carbocycles. The number of carbonyl (C=O) groups is 1. The van der Waals surface area contributed by atoms with Crippen molar-refractivity contribution in [2.45, 2.75) is 25.7 Å². The highest BCUT2D eigenvalue weighted by atomic mass is 79.9. The second kappa shape index (κ2) is 6.67. The number of aromatic nitrogens is 1. The largest absolute Gasteiger partial charge is 0.308 e. The molecule has 4 nitrogen and oxygen atoms in total. The Kier molecular flexibility index (Phi) is 4.83. The Hall–Kier alpha value is -0.940. The molecule has 0 aliphatic heterocycles. The summed E-state index contributed by atoms with van der Waals surface area (Å²) in [6.45, 7) is 1.55. The summed E-state index contributed by atoms with van der Waals surface area (Å²) in [5.41, 5.74) is 0. The van der Waals surface area contributed by atoms with E-state index in [-0.39, 0.29) is 11.8 Å². The first-order valence-corrected chi connectivity index (χ1v) is 8.91. The molecule has 2 aliphatic rings. The van der Waals surface area contributed by atoms with Crippen molar-refractivity contribution in [2.24, 2.45) is 17.8 Å². The molecule has 1 aromatic rings. The van der Waals surface area contributed by atoms with Crippen LogP contribution in [0, 0.1) is 17.8 Å². The van der Waals surface area contributed by atoms with Gasteiger partial charge in [0.15, 0.2) is 0 Å². The van der Waals surface area contributed by atoms with Crippen LogP contribution in [-0.4, -0.2) is 43.0 Å². The molecule has 3 rings (SSSR count). The van der Waals surface area contributed by atoms with Crippen LogP contribution in [0.2, 0.25) is 0 Å². The Labute approximate surface area is 141 Å². The fourth-order valence-electron chi connectivity index (χ4n) is 3.91. The molecule has 1 amide bonds. The number of anilines is 1. The van der Waals surface area contributed by atoms with Crippen molar-refractivity contribution in [1.82, 2.24) is 9.88 Å². The third-order valence-electron chi connectivity index (χ3n) is 5.08. The third-order valence-corrected chi connectivity index (χ3v) is 5.55. The van der Waals surface area contributed by atoms with E-state index in [0.717, 1.165) is 29.2 Å². The maximum absolute atomic E-state index is 13.1. The first kappa shape index (κ1) is 15.9. The van der Waals surface area contributed by atoms with Gasteiger partial charge in [-0.1, -0.05) is 6.42 Å². The number of likely N-dealkylation sites (N-methyl/N-ethyl adjacent to an activating group) is 1. The fourth-order valence-corrected chi connectivity index (χ4v) is 4.15. The van der Waals surface area contributed by atoms with Gasteiger partial charge >= 0.3 is 0 Å². The average molecular weight is 366 g/mol. The van der Waals surface area contributed by atoms with Crippen LogP contribution in [-0.2, 0) is 4.79 Å². The Morgan fingerprint density at radius 2 is 2.09 bits per heavy atom. The highest BCUT2D eigenvalue weighted by Crippen LogP contribution is 2.49. The van der Waals surface area contributed by atoms with Gasteiger partial charge in [-0.05, 0) is 73.3 Å². The van der Waals surface area contributed by atoms with E-state index in [1.165, 1.54) is 19.3 Å². The summed E-state index contributed by atoms with van der Waals surface area (Å²) in [4.78, 5) is 21.6. The number of fused-ring (bicyclic) bond motifs is 2. The lowest BCUT2D eigenvalue weighted by atomic mass is 9.87. The number of hydrogen-bond acceptors (Lipinski definition) is 3. The van der Waals surface area contributed by atoms with Gasteiger partial charge in [-0.15, -0.1) is 0 Å². The Morgan fingerprint density at radius 1 is 1.27 bits per heavy atom. The molecule has 3 atom stereocenters. The average Bonchev–Trinajstić information content (AvgIpc) is 3.11. The number of rotatable bonds is 5. The molecule has 22 heavy (non-hydrogen) atoms. The molecule has 2 saturated carbocycles. The maximum Gasteiger partial charge on any atom is 0.231 e. The third kappa shape index (κ3) is 3.35. The van der Waals surface area contributed by atoms with Crippen LogP contribution in [0.3, 0.4) is 0 Å². The van der Waals surface area contributed by atoms with E-state index in [4.69, 9.17) is 0 Å². The van der Waals surface area contributed by atoms with Gasteiger partial charge in [-0.25, -0.2) is 4.98 Å². The van der Waals surface area contributed by atoms with Gasteiger partial charge in [0.25, 0.3) is 0 Å². The van der Waals surface area contributed by atoms with Crippen LogP contribution in [0.1, 0.15) is 25.7 Å². The molecule has 5 heteroatoms. The number of amides is 1. The lowest BCUT2D eigenvalue weighted by molar-refractivity contribution is -0.124. The number of halogens is 1. The van der Waals surface area contributed by atoms with E-state index in [1.54, 1.807) is 6.20 Å². The molecule has 0 aromatic carbocycles. The molecule has 0 N–H and O–H groups in total. The quantitative estimate of drug-likeness (QED) is 0.803. The van der Waals surface area contributed by atoms with Gasteiger partial charge < -0.3 is 4.90 Å². The highest BCUT2D eigenvalue weighted by Gasteiger charge is 2.44. The molecule has 1 aromatic heterocycles. The molecule has 1 heterocycles. The van der Waals surface area contributed by atoms with Crippen LogP contribution in [0.4, 0.5) is 5.82 Å². The van der Waals surface area contributed by atoms with E-state index >= 15 is 0 Å². The number of carbonyl (C=O) groups excluding carboxylic acids is 1. The molecule has 0 unspecified atom stereocenters. The predicted octanol–water partition coefficient (Wildman–Crippen LogP) is 3.17. The van der Waals surface area contributed by atoms with Gasteiger partial charge in [0.1, 0.15) is 5.82 Å². The first-order chi connectivity index (χ1) is 10.5. The monoisotopic (exact) mass is 365 g/mol. The smallest absolute Gasteiger partial charge is 0.231 e. The molecule has 0 saturated heterocycles. The lowest BCUT2D eigenvalue weighted by Crippen LogP contribution is -2.42. The van der Waals surface area contributed by atoms with Crippen molar-refractivity contribution in [2.75, 3.05) is 32.1 Å². The van der Waals surface area contributed by atoms with Crippen LogP contribution < -0.4 is 4.90 Å². The minimum absolute atomic E-state index is 0.214. The second-order valence-corrected chi connectivity index (χ2v) is 7.82. The summed E-state index contributed by atoms with van der Waals surface area (Å²) in [7, 11) is 4.07. The van der Waals surface area contributed by atoms with Gasteiger partial charge in [0.2, 0.25) is 5.91 Å². The zero-order valence-electron chi connectivity index (χ0n) is 13.3. The zero-order chi connectivity index (χ0) is 15.7. The van der Waals surface area contributed by atoms with Crippen LogP contribution in [0.15, 0.2) is 22.8 Å². The van der Waals surface area contributed by atoms with Crippen LogP contribution in [0.5, 0.6) is 0 Å². The Balaban J connectivity index is 1.78. The summed E-state index contributed by atoms with van der Waals surface area (Å²) in [5, 5.41) is 0. The molecular weight excluding hydrogens is 342 g/mol. The lowest BCUT2D eigenvalue weighted by Gasteiger charge is -2.29. The molecule has 0 spiro atoms. The molecule has 2 bridgehead atoms. The van der Waals surface area contributed by atoms with Gasteiger partial charge in [-0.2, -0.15) is 0 Å². The van der Waals surface area contributed by atoms with E-state index in [9.17, 15) is 4.79 Å². The summed E-state index contributed by atoms with van der Waals surface area (Å²) in [6, 6.07) is 3.89. The van der Waals surface area contributed by atoms with Crippen molar-refractivity contribution in [3.05, 3.63) is 22.8 Å². The zero-order valence-corrected chi connectivity index (χ0v) is 14.9. The molecular formula is C17H24BrN3O. The Morgan fingerprint density at radius 3 is 2.64 bits per heavy atom. The summed E-state index contributed by atoms with van der Waals surface area (Å²) in [5.74, 6) is 2.66. The van der Waals surface area contributed by atoms with Gasteiger partial charge in [0, 0.05) is 29.7 Å². The highest BCUT2D eigenvalue weighted by molar-refractivity contribution is 9.10. The van der Waals surface area contributed by atoms with E-state index in [1.807, 2.05) is 31.1 Å². The summed E-state index contributed by atoms with van der Waals surface area (Å²) in [6.07, 6.45) is 6.66. The van der Waals surface area contributed by atoms with E-state index in [0.29, 0.717) is 12.5 Å². The fraction of sp³-hybridized carbons (Fsp3) is 0.647. The van der Waals surface area contributed by atoms with Crippen molar-refractivity contribution in [3.63, 3.8) is 0 Å². The second-order valence-electron chi connectivity index (χ2n) is 6.91. The van der Waals surface area contributed by atoms with Gasteiger partial charge in [-0.3, -0.25) is 9.69 Å². The van der Waals surface area contributed by atoms with Crippen LogP contribution in [0.25, 0.3) is 0 Å². The minimum Gasteiger partial charge on any atom is -0.308 e. The standard InChI is InChI=1S/C17H24BrN3O/c1-20(2)7-8-21(16-6-5-14(18)11-19-16)17(22)15-10-12-3-4-13(15)9-12/h5-6,11-13,15H,3-4,7-10H2,1-2H3/t12-,13-,15-/m0/s1. The number of nitrogens with zero attached hydrogens (tertiary/aromatic N) is 3. The SMILES string of the molecule is CN(C)CCN(C(=O)[C@H]1C[C@H]2CC[C@H]1C2)c1ccc(Br)cn1. The molecule has 2 fully saturated rings. The maximum atomic E-state index is 13.1. The van der Waals surface area contributed by atoms with Crippen molar-refractivity contribution in [1.29, 1.82) is 0 Å². The summed E-state index contributed by atoms with van der Waals surface area (Å²) >= 11 is 3.41.